The van der Waals surface area contributed by atoms with Crippen LogP contribution in [0.4, 0.5) is 5.69 Å². The van der Waals surface area contributed by atoms with Gasteiger partial charge in [-0.25, -0.2) is 4.98 Å². The highest BCUT2D eigenvalue weighted by atomic mass is 35.5. The highest BCUT2D eigenvalue weighted by Gasteiger charge is 2.25. The average Bonchev–Trinajstić information content (AvgIpc) is 2.77. The van der Waals surface area contributed by atoms with Gasteiger partial charge in [-0.05, 0) is 46.0 Å². The molecule has 7 heteroatoms. The van der Waals surface area contributed by atoms with Gasteiger partial charge >= 0.3 is 0 Å². The summed E-state index contributed by atoms with van der Waals surface area (Å²) in [5.41, 5.74) is 1.33. The average molecular weight is 309 g/mol. The summed E-state index contributed by atoms with van der Waals surface area (Å²) in [6, 6.07) is 3.61. The fraction of sp³-hybridized carbons (Fsp3) is 0.500. The van der Waals surface area contributed by atoms with Crippen molar-refractivity contribution < 1.29 is 4.92 Å². The van der Waals surface area contributed by atoms with Gasteiger partial charge in [0.1, 0.15) is 16.4 Å². The Balaban J connectivity index is 2.10. The molecule has 21 heavy (non-hydrogen) atoms. The van der Waals surface area contributed by atoms with Crippen molar-refractivity contribution in [3.05, 3.63) is 33.1 Å². The number of hydrogen-bond donors (Lipinski definition) is 0. The molecule has 0 saturated carbocycles. The van der Waals surface area contributed by atoms with Crippen molar-refractivity contribution in [1.29, 1.82) is 0 Å². The zero-order valence-corrected chi connectivity index (χ0v) is 12.8. The molecule has 1 aliphatic rings. The molecule has 0 atom stereocenters. The molecule has 1 aliphatic heterocycles. The largest absolute Gasteiger partial charge is 0.325 e. The van der Waals surface area contributed by atoms with E-state index in [-0.39, 0.29) is 10.7 Å². The van der Waals surface area contributed by atoms with Gasteiger partial charge in [-0.15, -0.1) is 0 Å². The Kier molecular flexibility index (Phi) is 3.59. The van der Waals surface area contributed by atoms with Crippen LogP contribution in [0.2, 0.25) is 5.02 Å². The first-order chi connectivity index (χ1) is 9.99. The van der Waals surface area contributed by atoms with Crippen molar-refractivity contribution in [2.45, 2.75) is 25.8 Å². The molecule has 1 saturated heterocycles. The number of aryl methyl sites for hydroxylation is 1. The van der Waals surface area contributed by atoms with E-state index in [2.05, 4.69) is 21.5 Å². The van der Waals surface area contributed by atoms with E-state index in [0.29, 0.717) is 11.6 Å². The molecule has 0 aliphatic carbocycles. The van der Waals surface area contributed by atoms with Crippen molar-refractivity contribution in [3.8, 4) is 0 Å². The fourth-order valence-corrected chi connectivity index (χ4v) is 3.36. The third-order valence-electron chi connectivity index (χ3n) is 4.21. The second-order valence-corrected chi connectivity index (χ2v) is 5.96. The number of piperidine rings is 1. The maximum absolute atomic E-state index is 11.0. The smallest absolute Gasteiger partial charge is 0.290 e. The predicted octanol–water partition coefficient (Wildman–Crippen LogP) is 3.17. The summed E-state index contributed by atoms with van der Waals surface area (Å²) in [4.78, 5) is 17.3. The van der Waals surface area contributed by atoms with Crippen LogP contribution < -0.4 is 0 Å². The molecule has 0 amide bonds. The quantitative estimate of drug-likeness (QED) is 0.631. The SMILES string of the molecule is Cc1nc2c(Cl)c([N+](=O)[O-])ccc2n1C1CCN(C)CC1. The lowest BCUT2D eigenvalue weighted by atomic mass is 10.0. The lowest BCUT2D eigenvalue weighted by Gasteiger charge is -2.30. The van der Waals surface area contributed by atoms with Gasteiger partial charge in [0.2, 0.25) is 0 Å². The molecule has 0 spiro atoms. The number of likely N-dealkylation sites (tertiary alicyclic amines) is 1. The zero-order valence-electron chi connectivity index (χ0n) is 12.0. The number of rotatable bonds is 2. The van der Waals surface area contributed by atoms with Gasteiger partial charge in [0.15, 0.2) is 0 Å². The zero-order chi connectivity index (χ0) is 15.1. The Hall–Kier alpha value is -1.66. The third-order valence-corrected chi connectivity index (χ3v) is 4.58. The summed E-state index contributed by atoms with van der Waals surface area (Å²) in [5, 5.41) is 11.1. The summed E-state index contributed by atoms with van der Waals surface area (Å²) < 4.78 is 2.18. The van der Waals surface area contributed by atoms with E-state index in [9.17, 15) is 10.1 Å². The topological polar surface area (TPSA) is 64.2 Å². The normalized spacial score (nSPS) is 17.5. The minimum atomic E-state index is -0.467. The Morgan fingerprint density at radius 2 is 2.05 bits per heavy atom. The number of nitrogens with zero attached hydrogens (tertiary/aromatic N) is 4. The lowest BCUT2D eigenvalue weighted by Crippen LogP contribution is -2.31. The van der Waals surface area contributed by atoms with Gasteiger partial charge in [0.05, 0.1) is 10.4 Å². The van der Waals surface area contributed by atoms with Crippen LogP contribution in [-0.2, 0) is 0 Å². The summed E-state index contributed by atoms with van der Waals surface area (Å²) in [5.74, 6) is 0.863. The Bertz CT molecular complexity index is 705. The molecule has 3 rings (SSSR count). The fourth-order valence-electron chi connectivity index (χ4n) is 3.09. The summed E-state index contributed by atoms with van der Waals surface area (Å²) in [6.45, 7) is 4.02. The number of fused-ring (bicyclic) bond motifs is 1. The Labute approximate surface area is 127 Å². The first-order valence-electron chi connectivity index (χ1n) is 6.99. The van der Waals surface area contributed by atoms with Gasteiger partial charge < -0.3 is 9.47 Å². The van der Waals surface area contributed by atoms with E-state index >= 15 is 0 Å². The van der Waals surface area contributed by atoms with Crippen molar-refractivity contribution in [1.82, 2.24) is 14.5 Å². The molecule has 2 heterocycles. The maximum Gasteiger partial charge on any atom is 0.290 e. The molecule has 0 bridgehead atoms. The molecular weight excluding hydrogens is 292 g/mol. The number of imidazole rings is 1. The number of hydrogen-bond acceptors (Lipinski definition) is 4. The van der Waals surface area contributed by atoms with Crippen LogP contribution in [0.5, 0.6) is 0 Å². The van der Waals surface area contributed by atoms with Crippen molar-refractivity contribution in [2.75, 3.05) is 20.1 Å². The summed E-state index contributed by atoms with van der Waals surface area (Å²) in [6.07, 6.45) is 2.11. The first kappa shape index (κ1) is 14.3. The van der Waals surface area contributed by atoms with Gasteiger partial charge in [-0.2, -0.15) is 0 Å². The maximum atomic E-state index is 11.0. The Morgan fingerprint density at radius 1 is 1.38 bits per heavy atom. The molecule has 2 aromatic rings. The van der Waals surface area contributed by atoms with Gasteiger partial charge in [0.25, 0.3) is 5.69 Å². The second-order valence-electron chi connectivity index (χ2n) is 5.59. The van der Waals surface area contributed by atoms with E-state index in [1.807, 2.05) is 6.92 Å². The van der Waals surface area contributed by atoms with E-state index in [1.165, 1.54) is 6.07 Å². The van der Waals surface area contributed by atoms with Crippen LogP contribution in [0.25, 0.3) is 11.0 Å². The molecule has 112 valence electrons. The second kappa shape index (κ2) is 5.27. The number of nitro groups is 1. The third kappa shape index (κ3) is 2.38. The van der Waals surface area contributed by atoms with E-state index in [4.69, 9.17) is 11.6 Å². The molecular formula is C14H17ClN4O2. The van der Waals surface area contributed by atoms with E-state index in [1.54, 1.807) is 6.07 Å². The minimum Gasteiger partial charge on any atom is -0.325 e. The highest BCUT2D eigenvalue weighted by molar-refractivity contribution is 6.37. The predicted molar refractivity (Wildman–Crippen MR) is 81.9 cm³/mol. The van der Waals surface area contributed by atoms with Gasteiger partial charge in [0, 0.05) is 12.1 Å². The Morgan fingerprint density at radius 3 is 2.67 bits per heavy atom. The summed E-state index contributed by atoms with van der Waals surface area (Å²) >= 11 is 6.16. The number of benzene rings is 1. The number of halogens is 1. The van der Waals surface area contributed by atoms with Crippen molar-refractivity contribution in [3.63, 3.8) is 0 Å². The van der Waals surface area contributed by atoms with Gasteiger partial charge in [-0.1, -0.05) is 11.6 Å². The molecule has 6 nitrogen and oxygen atoms in total. The van der Waals surface area contributed by atoms with Crippen molar-refractivity contribution >= 4 is 28.3 Å². The van der Waals surface area contributed by atoms with E-state index in [0.717, 1.165) is 37.3 Å². The van der Waals surface area contributed by atoms with Crippen LogP contribution in [0, 0.1) is 17.0 Å². The molecule has 1 aromatic carbocycles. The van der Waals surface area contributed by atoms with Crippen LogP contribution in [-0.4, -0.2) is 39.5 Å². The molecule has 0 radical (unpaired) electrons. The molecule has 0 unspecified atom stereocenters. The summed E-state index contributed by atoms with van der Waals surface area (Å²) in [7, 11) is 2.12. The van der Waals surface area contributed by atoms with E-state index < -0.39 is 4.92 Å². The van der Waals surface area contributed by atoms with Crippen LogP contribution in [0.1, 0.15) is 24.7 Å². The lowest BCUT2D eigenvalue weighted by molar-refractivity contribution is -0.384. The molecule has 0 N–H and O–H groups in total. The molecule has 1 aromatic heterocycles. The van der Waals surface area contributed by atoms with Gasteiger partial charge in [-0.3, -0.25) is 10.1 Å². The standard InChI is InChI=1S/C14H17ClN4O2/c1-9-16-14-12(4-3-11(13(14)15)19(20)21)18(9)10-5-7-17(2)8-6-10/h3-4,10H,5-8H2,1-2H3. The van der Waals surface area contributed by atoms with Crippen molar-refractivity contribution in [2.24, 2.45) is 0 Å². The molecule has 1 fully saturated rings. The van der Waals surface area contributed by atoms with Crippen LogP contribution in [0.15, 0.2) is 12.1 Å². The monoisotopic (exact) mass is 308 g/mol. The number of aromatic nitrogens is 2. The number of nitro benzene ring substituents is 1. The first-order valence-corrected chi connectivity index (χ1v) is 7.37. The van der Waals surface area contributed by atoms with Crippen LogP contribution >= 0.6 is 11.6 Å². The van der Waals surface area contributed by atoms with Crippen LogP contribution in [0.3, 0.4) is 0 Å². The minimum absolute atomic E-state index is 0.0859. The highest BCUT2D eigenvalue weighted by Crippen LogP contribution is 2.35.